The summed E-state index contributed by atoms with van der Waals surface area (Å²) in [6, 6.07) is 0. The van der Waals surface area contributed by atoms with Crippen molar-refractivity contribution in [3.8, 4) is 0 Å². The normalized spacial score (nSPS) is 31.7. The van der Waals surface area contributed by atoms with E-state index < -0.39 is 30.4 Å². The van der Waals surface area contributed by atoms with Crippen LogP contribution in [0.1, 0.15) is 13.8 Å². The molecule has 1 rings (SSSR count). The Morgan fingerprint density at radius 1 is 1.31 bits per heavy atom. The Balaban J connectivity index is 2.68. The van der Waals surface area contributed by atoms with E-state index in [-0.39, 0.29) is 6.61 Å². The van der Waals surface area contributed by atoms with Crippen LogP contribution in [0.2, 0.25) is 0 Å². The molecule has 2 N–H and O–H groups in total. The SMILES string of the molecule is COC(OC)[C@H](O)C1OC(C)(C)OC[C@H]1O. The largest absolute Gasteiger partial charge is 0.388 e. The van der Waals surface area contributed by atoms with E-state index >= 15 is 0 Å². The quantitative estimate of drug-likeness (QED) is 0.639. The van der Waals surface area contributed by atoms with E-state index in [1.807, 2.05) is 0 Å². The molecule has 16 heavy (non-hydrogen) atoms. The van der Waals surface area contributed by atoms with Crippen molar-refractivity contribution in [3.05, 3.63) is 0 Å². The van der Waals surface area contributed by atoms with Crippen molar-refractivity contribution in [1.29, 1.82) is 0 Å². The van der Waals surface area contributed by atoms with Crippen LogP contribution in [0.5, 0.6) is 0 Å². The van der Waals surface area contributed by atoms with Crippen molar-refractivity contribution in [2.45, 2.75) is 44.2 Å². The van der Waals surface area contributed by atoms with E-state index in [9.17, 15) is 10.2 Å². The molecule has 0 bridgehead atoms. The molecule has 96 valence electrons. The standard InChI is InChI=1S/C10H20O6/c1-10(2)15-5-6(11)8(16-10)7(12)9(13-3)14-4/h6-9,11-12H,5H2,1-4H3/t6-,7-,8?/m1/s1. The summed E-state index contributed by atoms with van der Waals surface area (Å²) < 4.78 is 20.5. The van der Waals surface area contributed by atoms with Gasteiger partial charge in [0.1, 0.15) is 18.3 Å². The summed E-state index contributed by atoms with van der Waals surface area (Å²) in [4.78, 5) is 0. The third-order valence-electron chi connectivity index (χ3n) is 2.48. The number of methoxy groups -OCH3 is 2. The van der Waals surface area contributed by atoms with Gasteiger partial charge >= 0.3 is 0 Å². The zero-order valence-corrected chi connectivity index (χ0v) is 10.0. The van der Waals surface area contributed by atoms with Gasteiger partial charge in [-0.1, -0.05) is 0 Å². The molecular weight excluding hydrogens is 216 g/mol. The van der Waals surface area contributed by atoms with Gasteiger partial charge in [0, 0.05) is 14.2 Å². The van der Waals surface area contributed by atoms with E-state index in [1.165, 1.54) is 14.2 Å². The lowest BCUT2D eigenvalue weighted by Gasteiger charge is -2.41. The molecule has 3 atom stereocenters. The van der Waals surface area contributed by atoms with Crippen molar-refractivity contribution in [2.75, 3.05) is 20.8 Å². The van der Waals surface area contributed by atoms with Crippen LogP contribution in [0.4, 0.5) is 0 Å². The Labute approximate surface area is 95.1 Å². The van der Waals surface area contributed by atoms with Crippen LogP contribution in [0.15, 0.2) is 0 Å². The van der Waals surface area contributed by atoms with Gasteiger partial charge in [0.25, 0.3) is 0 Å². The monoisotopic (exact) mass is 236 g/mol. The van der Waals surface area contributed by atoms with Crippen LogP contribution in [0.25, 0.3) is 0 Å². The van der Waals surface area contributed by atoms with Crippen molar-refractivity contribution < 1.29 is 29.2 Å². The zero-order chi connectivity index (χ0) is 12.3. The Morgan fingerprint density at radius 3 is 2.38 bits per heavy atom. The second-order valence-corrected chi connectivity index (χ2v) is 4.19. The summed E-state index contributed by atoms with van der Waals surface area (Å²) in [7, 11) is 2.82. The summed E-state index contributed by atoms with van der Waals surface area (Å²) in [5.74, 6) is -0.836. The number of ether oxygens (including phenoxy) is 4. The average molecular weight is 236 g/mol. The molecule has 1 aliphatic heterocycles. The molecular formula is C10H20O6. The highest BCUT2D eigenvalue weighted by Gasteiger charge is 2.42. The molecule has 6 heteroatoms. The molecule has 1 unspecified atom stereocenters. The van der Waals surface area contributed by atoms with Gasteiger partial charge in [0.2, 0.25) is 0 Å². The van der Waals surface area contributed by atoms with Crippen LogP contribution < -0.4 is 0 Å². The van der Waals surface area contributed by atoms with Gasteiger partial charge in [0.05, 0.1) is 6.61 Å². The summed E-state index contributed by atoms with van der Waals surface area (Å²) in [6.45, 7) is 3.54. The lowest BCUT2D eigenvalue weighted by Crippen LogP contribution is -2.56. The van der Waals surface area contributed by atoms with Crippen molar-refractivity contribution in [1.82, 2.24) is 0 Å². The van der Waals surface area contributed by atoms with E-state index in [4.69, 9.17) is 18.9 Å². The Bertz CT molecular complexity index is 215. The number of hydrogen-bond donors (Lipinski definition) is 2. The van der Waals surface area contributed by atoms with Crippen molar-refractivity contribution in [3.63, 3.8) is 0 Å². The molecule has 0 aromatic carbocycles. The van der Waals surface area contributed by atoms with Gasteiger partial charge in [-0.3, -0.25) is 0 Å². The van der Waals surface area contributed by atoms with Crippen LogP contribution in [0, 0.1) is 0 Å². The third kappa shape index (κ3) is 3.13. The number of aliphatic hydroxyl groups excluding tert-OH is 2. The second-order valence-electron chi connectivity index (χ2n) is 4.19. The minimum atomic E-state index is -1.08. The molecule has 6 nitrogen and oxygen atoms in total. The van der Waals surface area contributed by atoms with Gasteiger partial charge in [-0.25, -0.2) is 0 Å². The molecule has 0 spiro atoms. The predicted molar refractivity (Wildman–Crippen MR) is 54.7 cm³/mol. The molecule has 0 aromatic heterocycles. The first-order valence-corrected chi connectivity index (χ1v) is 5.15. The summed E-state index contributed by atoms with van der Waals surface area (Å²) in [6.07, 6.45) is -3.62. The molecule has 0 aromatic rings. The van der Waals surface area contributed by atoms with Gasteiger partial charge in [-0.05, 0) is 13.8 Å². The minimum Gasteiger partial charge on any atom is -0.388 e. The first-order chi connectivity index (χ1) is 7.41. The topological polar surface area (TPSA) is 77.4 Å². The van der Waals surface area contributed by atoms with Crippen LogP contribution >= 0.6 is 0 Å². The summed E-state index contributed by atoms with van der Waals surface area (Å²) >= 11 is 0. The third-order valence-corrected chi connectivity index (χ3v) is 2.48. The Kier molecular flexibility index (Phi) is 4.66. The minimum absolute atomic E-state index is 0.106. The zero-order valence-electron chi connectivity index (χ0n) is 10.0. The molecule has 1 saturated heterocycles. The maximum absolute atomic E-state index is 9.95. The maximum atomic E-state index is 9.95. The Hall–Kier alpha value is -0.240. The highest BCUT2D eigenvalue weighted by atomic mass is 16.7. The average Bonchev–Trinajstić information content (AvgIpc) is 2.23. The summed E-state index contributed by atoms with van der Waals surface area (Å²) in [5, 5.41) is 19.6. The smallest absolute Gasteiger partial charge is 0.185 e. The van der Waals surface area contributed by atoms with E-state index in [0.29, 0.717) is 0 Å². The molecule has 0 saturated carbocycles. The van der Waals surface area contributed by atoms with E-state index in [0.717, 1.165) is 0 Å². The van der Waals surface area contributed by atoms with E-state index in [2.05, 4.69) is 0 Å². The van der Waals surface area contributed by atoms with E-state index in [1.54, 1.807) is 13.8 Å². The predicted octanol–water partition coefficient (Wildman–Crippen LogP) is -0.521. The molecule has 0 aliphatic carbocycles. The first-order valence-electron chi connectivity index (χ1n) is 5.15. The fourth-order valence-electron chi connectivity index (χ4n) is 1.65. The highest BCUT2D eigenvalue weighted by molar-refractivity contribution is 4.84. The Morgan fingerprint density at radius 2 is 1.88 bits per heavy atom. The number of aliphatic hydroxyl groups is 2. The molecule has 1 heterocycles. The number of rotatable bonds is 4. The van der Waals surface area contributed by atoms with Gasteiger partial charge < -0.3 is 29.2 Å². The highest BCUT2D eigenvalue weighted by Crippen LogP contribution is 2.25. The lowest BCUT2D eigenvalue weighted by atomic mass is 10.1. The molecule has 0 radical (unpaired) electrons. The van der Waals surface area contributed by atoms with Gasteiger partial charge in [-0.2, -0.15) is 0 Å². The molecule has 1 aliphatic rings. The molecule has 0 amide bonds. The van der Waals surface area contributed by atoms with Crippen LogP contribution in [0.3, 0.4) is 0 Å². The van der Waals surface area contributed by atoms with Crippen molar-refractivity contribution >= 4 is 0 Å². The van der Waals surface area contributed by atoms with Crippen LogP contribution in [-0.2, 0) is 18.9 Å². The first kappa shape index (κ1) is 13.8. The second kappa shape index (κ2) is 5.39. The fraction of sp³-hybridized carbons (Fsp3) is 1.00. The van der Waals surface area contributed by atoms with Gasteiger partial charge in [-0.15, -0.1) is 0 Å². The lowest BCUT2D eigenvalue weighted by molar-refractivity contribution is -0.334. The fourth-order valence-corrected chi connectivity index (χ4v) is 1.65. The van der Waals surface area contributed by atoms with Crippen LogP contribution in [-0.4, -0.2) is 61.4 Å². The van der Waals surface area contributed by atoms with Gasteiger partial charge in [0.15, 0.2) is 12.1 Å². The molecule has 1 fully saturated rings. The summed E-state index contributed by atoms with van der Waals surface area (Å²) in [5.41, 5.74) is 0. The number of hydrogen-bond acceptors (Lipinski definition) is 6. The van der Waals surface area contributed by atoms with Crippen molar-refractivity contribution in [2.24, 2.45) is 0 Å². The maximum Gasteiger partial charge on any atom is 0.185 e.